The molecule has 0 bridgehead atoms. The summed E-state index contributed by atoms with van der Waals surface area (Å²) in [5.74, 6) is 0.918. The molecule has 3 nitrogen and oxygen atoms in total. The highest BCUT2D eigenvalue weighted by molar-refractivity contribution is 5.39. The van der Waals surface area contributed by atoms with Crippen molar-refractivity contribution < 1.29 is 4.74 Å². The Morgan fingerprint density at radius 3 is 2.38 bits per heavy atom. The van der Waals surface area contributed by atoms with Gasteiger partial charge >= 0.3 is 0 Å². The predicted octanol–water partition coefficient (Wildman–Crippen LogP) is 1.95. The number of ether oxygens (including phenoxy) is 1. The van der Waals surface area contributed by atoms with E-state index in [0.29, 0.717) is 0 Å². The number of nitrogens with zero attached hydrogens (tertiary/aromatic N) is 1. The smallest absolute Gasteiger partial charge is 0.123 e. The molecule has 0 fully saturated rings. The number of nitrogens with two attached hydrogens (primary N) is 1. The van der Waals surface area contributed by atoms with E-state index in [1.54, 1.807) is 7.11 Å². The first-order chi connectivity index (χ1) is 7.34. The minimum Gasteiger partial charge on any atom is -0.496 e. The van der Waals surface area contributed by atoms with Crippen LogP contribution in [0.4, 0.5) is 0 Å². The Morgan fingerprint density at radius 1 is 1.31 bits per heavy atom. The molecule has 0 aliphatic rings. The quantitative estimate of drug-likeness (QED) is 0.846. The first-order valence-corrected chi connectivity index (χ1v) is 5.45. The Kier molecular flexibility index (Phi) is 3.94. The fraction of sp³-hybridized carbons (Fsp3) is 0.538. The van der Waals surface area contributed by atoms with Gasteiger partial charge in [-0.25, -0.2) is 0 Å². The van der Waals surface area contributed by atoms with Crippen LogP contribution in [0.15, 0.2) is 18.2 Å². The van der Waals surface area contributed by atoms with Crippen molar-refractivity contribution in [3.05, 3.63) is 29.3 Å². The minimum atomic E-state index is -0.312. The molecular weight excluding hydrogens is 200 g/mol. The van der Waals surface area contributed by atoms with Crippen molar-refractivity contribution in [1.82, 2.24) is 4.90 Å². The minimum absolute atomic E-state index is 0.312. The van der Waals surface area contributed by atoms with Gasteiger partial charge < -0.3 is 15.4 Å². The highest BCUT2D eigenvalue weighted by Crippen LogP contribution is 2.25. The van der Waals surface area contributed by atoms with E-state index < -0.39 is 0 Å². The zero-order chi connectivity index (χ0) is 12.3. The largest absolute Gasteiger partial charge is 0.496 e. The first kappa shape index (κ1) is 13.0. The van der Waals surface area contributed by atoms with Gasteiger partial charge in [0.05, 0.1) is 7.11 Å². The van der Waals surface area contributed by atoms with E-state index >= 15 is 0 Å². The van der Waals surface area contributed by atoms with Gasteiger partial charge in [-0.3, -0.25) is 0 Å². The zero-order valence-corrected chi connectivity index (χ0v) is 10.9. The third-order valence-corrected chi connectivity index (χ3v) is 2.51. The maximum absolute atomic E-state index is 6.09. The molecule has 0 spiro atoms. The summed E-state index contributed by atoms with van der Waals surface area (Å²) in [5.41, 5.74) is 8.08. The molecule has 3 heteroatoms. The van der Waals surface area contributed by atoms with Gasteiger partial charge in [0.1, 0.15) is 5.75 Å². The van der Waals surface area contributed by atoms with E-state index in [-0.39, 0.29) is 5.54 Å². The van der Waals surface area contributed by atoms with Crippen molar-refractivity contribution in [2.45, 2.75) is 25.9 Å². The zero-order valence-electron chi connectivity index (χ0n) is 10.9. The molecule has 0 saturated carbocycles. The van der Waals surface area contributed by atoms with Gasteiger partial charge in [-0.05, 0) is 45.6 Å². The summed E-state index contributed by atoms with van der Waals surface area (Å²) in [6, 6.07) is 6.14. The Bertz CT molecular complexity index is 353. The van der Waals surface area contributed by atoms with Crippen LogP contribution in [0.5, 0.6) is 5.75 Å². The summed E-state index contributed by atoms with van der Waals surface area (Å²) in [6.45, 7) is 4.87. The molecule has 0 aliphatic heterocycles. The summed E-state index contributed by atoms with van der Waals surface area (Å²) < 4.78 is 5.35. The molecule has 16 heavy (non-hydrogen) atoms. The second kappa shape index (κ2) is 4.85. The number of benzene rings is 1. The topological polar surface area (TPSA) is 38.5 Å². The highest BCUT2D eigenvalue weighted by Gasteiger charge is 2.16. The van der Waals surface area contributed by atoms with Gasteiger partial charge in [-0.2, -0.15) is 0 Å². The second-order valence-electron chi connectivity index (χ2n) is 4.99. The average molecular weight is 222 g/mol. The maximum Gasteiger partial charge on any atom is 0.123 e. The van der Waals surface area contributed by atoms with E-state index in [9.17, 15) is 0 Å². The molecular formula is C13H22N2O. The lowest BCUT2D eigenvalue weighted by atomic mass is 9.93. The summed E-state index contributed by atoms with van der Waals surface area (Å²) in [5, 5.41) is 0. The van der Waals surface area contributed by atoms with Crippen LogP contribution in [-0.4, -0.2) is 26.1 Å². The van der Waals surface area contributed by atoms with Crippen LogP contribution in [0.2, 0.25) is 0 Å². The van der Waals surface area contributed by atoms with E-state index in [2.05, 4.69) is 11.0 Å². The molecule has 0 radical (unpaired) electrons. The van der Waals surface area contributed by atoms with Crippen LogP contribution < -0.4 is 10.5 Å². The van der Waals surface area contributed by atoms with Crippen LogP contribution in [0.3, 0.4) is 0 Å². The van der Waals surface area contributed by atoms with Crippen molar-refractivity contribution in [1.29, 1.82) is 0 Å². The van der Waals surface area contributed by atoms with Crippen molar-refractivity contribution in [3.63, 3.8) is 0 Å². The van der Waals surface area contributed by atoms with Crippen LogP contribution in [0.25, 0.3) is 0 Å². The lowest BCUT2D eigenvalue weighted by molar-refractivity contribution is 0.371. The van der Waals surface area contributed by atoms with E-state index in [1.807, 2.05) is 40.1 Å². The van der Waals surface area contributed by atoms with Crippen molar-refractivity contribution in [3.8, 4) is 5.75 Å². The molecule has 90 valence electrons. The van der Waals surface area contributed by atoms with Crippen molar-refractivity contribution in [2.24, 2.45) is 5.73 Å². The lowest BCUT2D eigenvalue weighted by Crippen LogP contribution is -2.28. The molecule has 1 aromatic rings. The number of rotatable bonds is 4. The van der Waals surface area contributed by atoms with Crippen LogP contribution in [-0.2, 0) is 12.1 Å². The van der Waals surface area contributed by atoms with Gasteiger partial charge in [0, 0.05) is 17.6 Å². The molecule has 0 heterocycles. The van der Waals surface area contributed by atoms with Gasteiger partial charge in [-0.15, -0.1) is 0 Å². The van der Waals surface area contributed by atoms with Crippen LogP contribution >= 0.6 is 0 Å². The third-order valence-electron chi connectivity index (χ3n) is 2.51. The summed E-state index contributed by atoms with van der Waals surface area (Å²) in [6.07, 6.45) is 0. The van der Waals surface area contributed by atoms with E-state index in [0.717, 1.165) is 17.9 Å². The molecule has 0 aromatic heterocycles. The third kappa shape index (κ3) is 3.22. The van der Waals surface area contributed by atoms with Crippen LogP contribution in [0.1, 0.15) is 25.0 Å². The molecule has 1 aromatic carbocycles. The van der Waals surface area contributed by atoms with E-state index in [4.69, 9.17) is 10.5 Å². The SMILES string of the molecule is COc1ccc(C(C)(C)N)cc1CN(C)C. The Balaban J connectivity index is 3.11. The maximum atomic E-state index is 6.09. The molecule has 0 atom stereocenters. The molecule has 0 unspecified atom stereocenters. The first-order valence-electron chi connectivity index (χ1n) is 5.45. The van der Waals surface area contributed by atoms with Gasteiger partial charge in [0.25, 0.3) is 0 Å². The monoisotopic (exact) mass is 222 g/mol. The molecule has 1 rings (SSSR count). The van der Waals surface area contributed by atoms with Crippen molar-refractivity contribution >= 4 is 0 Å². The molecule has 0 aliphatic carbocycles. The van der Waals surface area contributed by atoms with Crippen molar-refractivity contribution in [2.75, 3.05) is 21.2 Å². The lowest BCUT2D eigenvalue weighted by Gasteiger charge is -2.22. The van der Waals surface area contributed by atoms with Gasteiger partial charge in [0.2, 0.25) is 0 Å². The number of methoxy groups -OCH3 is 1. The molecule has 2 N–H and O–H groups in total. The van der Waals surface area contributed by atoms with Gasteiger partial charge in [-0.1, -0.05) is 6.07 Å². The standard InChI is InChI=1S/C13H22N2O/c1-13(2,14)11-6-7-12(16-5)10(8-11)9-15(3)4/h6-8H,9,14H2,1-5H3. The fourth-order valence-corrected chi connectivity index (χ4v) is 1.64. The highest BCUT2D eigenvalue weighted by atomic mass is 16.5. The number of hydrogen-bond acceptors (Lipinski definition) is 3. The predicted molar refractivity (Wildman–Crippen MR) is 67.6 cm³/mol. The average Bonchev–Trinajstić information content (AvgIpc) is 2.15. The normalized spacial score (nSPS) is 11.9. The Labute approximate surface area is 98.2 Å². The Hall–Kier alpha value is -1.06. The summed E-state index contributed by atoms with van der Waals surface area (Å²) in [4.78, 5) is 2.12. The summed E-state index contributed by atoms with van der Waals surface area (Å²) >= 11 is 0. The van der Waals surface area contributed by atoms with E-state index in [1.165, 1.54) is 5.56 Å². The number of hydrogen-bond donors (Lipinski definition) is 1. The van der Waals surface area contributed by atoms with Crippen LogP contribution in [0, 0.1) is 0 Å². The fourth-order valence-electron chi connectivity index (χ4n) is 1.64. The second-order valence-corrected chi connectivity index (χ2v) is 4.99. The molecule has 0 amide bonds. The molecule has 0 saturated heterocycles. The Morgan fingerprint density at radius 2 is 1.94 bits per heavy atom. The summed E-state index contributed by atoms with van der Waals surface area (Å²) in [7, 11) is 5.78. The van der Waals surface area contributed by atoms with Gasteiger partial charge in [0.15, 0.2) is 0 Å².